The molecule has 0 radical (unpaired) electrons. The van der Waals surface area contributed by atoms with Crippen LogP contribution in [0, 0.1) is 0 Å². The van der Waals surface area contributed by atoms with Gasteiger partial charge < -0.3 is 0 Å². The molecule has 2 rings (SSSR count). The van der Waals surface area contributed by atoms with Crippen LogP contribution in [0.3, 0.4) is 0 Å². The van der Waals surface area contributed by atoms with Gasteiger partial charge in [-0.1, -0.05) is 22.9 Å². The average molecular weight is 235 g/mol. The van der Waals surface area contributed by atoms with E-state index in [1.807, 2.05) is 0 Å². The van der Waals surface area contributed by atoms with E-state index in [1.165, 1.54) is 17.7 Å². The summed E-state index contributed by atoms with van der Waals surface area (Å²) in [6, 6.07) is 0. The van der Waals surface area contributed by atoms with E-state index < -0.39 is 0 Å². The Kier molecular flexibility index (Phi) is 2.48. The Bertz CT molecular complexity index is 397. The van der Waals surface area contributed by atoms with Crippen LogP contribution < -0.4 is 0 Å². The van der Waals surface area contributed by atoms with Crippen LogP contribution >= 0.6 is 34.5 Å². The van der Waals surface area contributed by atoms with Gasteiger partial charge in [-0.25, -0.2) is 9.97 Å². The minimum Gasteiger partial charge on any atom is -0.223 e. The van der Waals surface area contributed by atoms with E-state index in [0.29, 0.717) is 16.2 Å². The van der Waals surface area contributed by atoms with Crippen LogP contribution in [0.2, 0.25) is 5.15 Å². The molecule has 0 atom stereocenters. The third kappa shape index (κ3) is 1.67. The van der Waals surface area contributed by atoms with E-state index >= 15 is 0 Å². The fourth-order valence-electron chi connectivity index (χ4n) is 0.809. The van der Waals surface area contributed by atoms with Crippen LogP contribution in [0.5, 0.6) is 0 Å². The number of rotatable bonds is 2. The zero-order valence-corrected chi connectivity index (χ0v) is 8.64. The van der Waals surface area contributed by atoms with Crippen molar-refractivity contribution in [1.29, 1.82) is 0 Å². The molecule has 13 heavy (non-hydrogen) atoms. The second-order valence-electron chi connectivity index (χ2n) is 2.18. The SMILES string of the molecule is ClCc1sc(-n2cncn2)nc1Cl. The lowest BCUT2D eigenvalue weighted by molar-refractivity contribution is 0.868. The van der Waals surface area contributed by atoms with Gasteiger partial charge in [-0.05, 0) is 0 Å². The third-order valence-electron chi connectivity index (χ3n) is 1.37. The number of alkyl halides is 1. The highest BCUT2D eigenvalue weighted by Crippen LogP contribution is 2.26. The van der Waals surface area contributed by atoms with Crippen molar-refractivity contribution in [2.45, 2.75) is 5.88 Å². The van der Waals surface area contributed by atoms with Crippen molar-refractivity contribution >= 4 is 34.5 Å². The molecule has 0 aliphatic carbocycles. The molecule has 68 valence electrons. The quantitative estimate of drug-likeness (QED) is 0.749. The maximum atomic E-state index is 5.82. The summed E-state index contributed by atoms with van der Waals surface area (Å²) in [4.78, 5) is 8.73. The van der Waals surface area contributed by atoms with E-state index in [-0.39, 0.29) is 0 Å². The zero-order valence-electron chi connectivity index (χ0n) is 6.31. The second-order valence-corrected chi connectivity index (χ2v) is 3.87. The van der Waals surface area contributed by atoms with Crippen molar-refractivity contribution in [3.8, 4) is 5.13 Å². The third-order valence-corrected chi connectivity index (χ3v) is 3.27. The van der Waals surface area contributed by atoms with Crippen LogP contribution in [0.25, 0.3) is 5.13 Å². The largest absolute Gasteiger partial charge is 0.223 e. The molecule has 4 nitrogen and oxygen atoms in total. The Balaban J connectivity index is 2.43. The van der Waals surface area contributed by atoms with Crippen LogP contribution in [0.1, 0.15) is 4.88 Å². The van der Waals surface area contributed by atoms with Gasteiger partial charge in [0.05, 0.1) is 10.8 Å². The lowest BCUT2D eigenvalue weighted by atomic mass is 10.6. The number of nitrogens with zero attached hydrogens (tertiary/aromatic N) is 4. The number of thiazole rings is 1. The molecular formula is C6H4Cl2N4S. The van der Waals surface area contributed by atoms with Gasteiger partial charge in [0, 0.05) is 0 Å². The predicted molar refractivity (Wildman–Crippen MR) is 51.6 cm³/mol. The first-order valence-corrected chi connectivity index (χ1v) is 5.10. The lowest BCUT2D eigenvalue weighted by Crippen LogP contribution is -1.91. The summed E-state index contributed by atoms with van der Waals surface area (Å²) >= 11 is 12.9. The highest BCUT2D eigenvalue weighted by molar-refractivity contribution is 7.14. The number of hydrogen-bond acceptors (Lipinski definition) is 4. The summed E-state index contributed by atoms with van der Waals surface area (Å²) in [6.07, 6.45) is 3.00. The van der Waals surface area contributed by atoms with Crippen molar-refractivity contribution in [2.75, 3.05) is 0 Å². The summed E-state index contributed by atoms with van der Waals surface area (Å²) < 4.78 is 1.55. The summed E-state index contributed by atoms with van der Waals surface area (Å²) in [7, 11) is 0. The molecule has 2 heterocycles. The summed E-state index contributed by atoms with van der Waals surface area (Å²) in [5.74, 6) is 0.366. The molecule has 0 aromatic carbocycles. The first kappa shape index (κ1) is 8.93. The van der Waals surface area contributed by atoms with Gasteiger partial charge in [-0.2, -0.15) is 9.78 Å². The average Bonchev–Trinajstić information content (AvgIpc) is 2.71. The molecule has 7 heteroatoms. The molecule has 0 aliphatic heterocycles. The Hall–Kier alpha value is -0.650. The topological polar surface area (TPSA) is 43.6 Å². The molecular weight excluding hydrogens is 231 g/mol. The Morgan fingerprint density at radius 1 is 1.54 bits per heavy atom. The molecule has 2 aromatic rings. The van der Waals surface area contributed by atoms with Gasteiger partial charge >= 0.3 is 0 Å². The fourth-order valence-corrected chi connectivity index (χ4v) is 2.21. The highest BCUT2D eigenvalue weighted by Gasteiger charge is 2.09. The Morgan fingerprint density at radius 2 is 2.38 bits per heavy atom. The maximum absolute atomic E-state index is 5.82. The van der Waals surface area contributed by atoms with Crippen molar-refractivity contribution in [3.63, 3.8) is 0 Å². The standard InChI is InChI=1S/C6H4Cl2N4S/c7-1-4-5(8)11-6(13-4)12-3-9-2-10-12/h2-3H,1H2. The van der Waals surface area contributed by atoms with E-state index in [1.54, 1.807) is 11.0 Å². The zero-order chi connectivity index (χ0) is 9.26. The second kappa shape index (κ2) is 3.61. The first-order chi connectivity index (χ1) is 6.31. The Labute approximate surface area is 88.1 Å². The molecule has 0 N–H and O–H groups in total. The van der Waals surface area contributed by atoms with Gasteiger partial charge in [0.1, 0.15) is 17.8 Å². The smallest absolute Gasteiger partial charge is 0.213 e. The predicted octanol–water partition coefficient (Wildman–Crippen LogP) is 2.12. The molecule has 0 aliphatic rings. The first-order valence-electron chi connectivity index (χ1n) is 3.37. The molecule has 0 saturated heterocycles. The molecule has 0 saturated carbocycles. The van der Waals surface area contributed by atoms with Crippen molar-refractivity contribution in [3.05, 3.63) is 22.7 Å². The van der Waals surface area contributed by atoms with E-state index in [4.69, 9.17) is 23.2 Å². The number of aromatic nitrogens is 4. The molecule has 0 amide bonds. The van der Waals surface area contributed by atoms with Crippen LogP contribution in [-0.4, -0.2) is 19.7 Å². The lowest BCUT2D eigenvalue weighted by Gasteiger charge is -1.88. The minimum absolute atomic E-state index is 0.366. The maximum Gasteiger partial charge on any atom is 0.213 e. The number of halogens is 2. The summed E-state index contributed by atoms with van der Waals surface area (Å²) in [5, 5.41) is 5.04. The van der Waals surface area contributed by atoms with Gasteiger partial charge in [-0.15, -0.1) is 11.6 Å². The molecule has 0 unspecified atom stereocenters. The Morgan fingerprint density at radius 3 is 2.92 bits per heavy atom. The van der Waals surface area contributed by atoms with Crippen molar-refractivity contribution in [2.24, 2.45) is 0 Å². The monoisotopic (exact) mass is 234 g/mol. The summed E-state index contributed by atoms with van der Waals surface area (Å²) in [6.45, 7) is 0. The van der Waals surface area contributed by atoms with Crippen LogP contribution in [0.15, 0.2) is 12.7 Å². The van der Waals surface area contributed by atoms with Gasteiger partial charge in [0.15, 0.2) is 0 Å². The summed E-state index contributed by atoms with van der Waals surface area (Å²) in [5.41, 5.74) is 0. The van der Waals surface area contributed by atoms with Crippen molar-refractivity contribution in [1.82, 2.24) is 19.7 Å². The van der Waals surface area contributed by atoms with Crippen LogP contribution in [0.4, 0.5) is 0 Å². The van der Waals surface area contributed by atoms with Gasteiger partial charge in [-0.3, -0.25) is 0 Å². The van der Waals surface area contributed by atoms with Crippen LogP contribution in [-0.2, 0) is 5.88 Å². The van der Waals surface area contributed by atoms with Gasteiger partial charge in [0.25, 0.3) is 0 Å². The van der Waals surface area contributed by atoms with E-state index in [9.17, 15) is 0 Å². The van der Waals surface area contributed by atoms with Gasteiger partial charge in [0.2, 0.25) is 5.13 Å². The normalized spacial score (nSPS) is 10.6. The minimum atomic E-state index is 0.366. The fraction of sp³-hybridized carbons (Fsp3) is 0.167. The molecule has 0 spiro atoms. The number of hydrogen-bond donors (Lipinski definition) is 0. The molecule has 0 fully saturated rings. The van der Waals surface area contributed by atoms with Crippen molar-refractivity contribution < 1.29 is 0 Å². The van der Waals surface area contributed by atoms with E-state index in [0.717, 1.165) is 4.88 Å². The highest BCUT2D eigenvalue weighted by atomic mass is 35.5. The molecule has 2 aromatic heterocycles. The molecule has 0 bridgehead atoms. The van der Waals surface area contributed by atoms with E-state index in [2.05, 4.69) is 15.1 Å².